The van der Waals surface area contributed by atoms with Crippen LogP contribution in [0.5, 0.6) is 0 Å². The topological polar surface area (TPSA) is 15.8 Å². The van der Waals surface area contributed by atoms with Crippen molar-refractivity contribution in [2.24, 2.45) is 0 Å². The Morgan fingerprint density at radius 3 is 2.45 bits per heavy atom. The molecule has 0 bridgehead atoms. The molecule has 0 unspecified atom stereocenters. The standard InChI is InChI=1S/C19H15N/c1-13-6-2-4-8-15(13)19-12-17-16-9-5-3-7-14(16)10-11-18(17)20-19/h2-12,20H,1H3. The zero-order valence-electron chi connectivity index (χ0n) is 11.4. The number of fused-ring (bicyclic) bond motifs is 3. The smallest absolute Gasteiger partial charge is 0.0467 e. The van der Waals surface area contributed by atoms with Crippen molar-refractivity contribution in [2.45, 2.75) is 6.92 Å². The predicted octanol–water partition coefficient (Wildman–Crippen LogP) is 5.30. The van der Waals surface area contributed by atoms with Gasteiger partial charge in [-0.2, -0.15) is 0 Å². The van der Waals surface area contributed by atoms with E-state index in [-0.39, 0.29) is 0 Å². The molecule has 0 radical (unpaired) electrons. The first-order valence-corrected chi connectivity index (χ1v) is 6.89. The lowest BCUT2D eigenvalue weighted by molar-refractivity contribution is 1.40. The van der Waals surface area contributed by atoms with Crippen LogP contribution >= 0.6 is 0 Å². The largest absolute Gasteiger partial charge is 0.355 e. The van der Waals surface area contributed by atoms with Crippen molar-refractivity contribution in [3.05, 3.63) is 72.3 Å². The third kappa shape index (κ3) is 1.64. The van der Waals surface area contributed by atoms with Crippen LogP contribution in [0, 0.1) is 6.92 Å². The lowest BCUT2D eigenvalue weighted by Gasteiger charge is -2.01. The molecule has 0 aliphatic heterocycles. The summed E-state index contributed by atoms with van der Waals surface area (Å²) in [4.78, 5) is 3.54. The van der Waals surface area contributed by atoms with Crippen molar-refractivity contribution < 1.29 is 0 Å². The second kappa shape index (κ2) is 4.24. The van der Waals surface area contributed by atoms with E-state index < -0.39 is 0 Å². The summed E-state index contributed by atoms with van der Waals surface area (Å²) in [6, 6.07) is 23.6. The average Bonchev–Trinajstić information content (AvgIpc) is 2.92. The van der Waals surface area contributed by atoms with E-state index in [0.717, 1.165) is 0 Å². The highest BCUT2D eigenvalue weighted by atomic mass is 14.7. The molecule has 1 aromatic heterocycles. The van der Waals surface area contributed by atoms with Gasteiger partial charge in [-0.3, -0.25) is 0 Å². The number of aromatic nitrogens is 1. The highest BCUT2D eigenvalue weighted by molar-refractivity contribution is 6.08. The highest BCUT2D eigenvalue weighted by Gasteiger charge is 2.07. The molecule has 1 heterocycles. The molecule has 4 aromatic rings. The summed E-state index contributed by atoms with van der Waals surface area (Å²) in [5.41, 5.74) is 4.95. The van der Waals surface area contributed by atoms with E-state index in [0.29, 0.717) is 0 Å². The number of rotatable bonds is 1. The Morgan fingerprint density at radius 2 is 1.55 bits per heavy atom. The first kappa shape index (κ1) is 11.3. The Morgan fingerprint density at radius 1 is 0.750 bits per heavy atom. The summed E-state index contributed by atoms with van der Waals surface area (Å²) in [5, 5.41) is 3.89. The van der Waals surface area contributed by atoms with Crippen molar-refractivity contribution >= 4 is 21.7 Å². The lowest BCUT2D eigenvalue weighted by Crippen LogP contribution is -1.81. The van der Waals surface area contributed by atoms with Gasteiger partial charge < -0.3 is 4.98 Å². The molecule has 20 heavy (non-hydrogen) atoms. The van der Waals surface area contributed by atoms with Gasteiger partial charge in [0.25, 0.3) is 0 Å². The third-order valence-electron chi connectivity index (χ3n) is 3.96. The van der Waals surface area contributed by atoms with Gasteiger partial charge in [0, 0.05) is 22.2 Å². The van der Waals surface area contributed by atoms with Crippen LogP contribution < -0.4 is 0 Å². The van der Waals surface area contributed by atoms with E-state index in [4.69, 9.17) is 0 Å². The summed E-state index contributed by atoms with van der Waals surface area (Å²) in [6.45, 7) is 2.15. The van der Waals surface area contributed by atoms with Gasteiger partial charge >= 0.3 is 0 Å². The Balaban J connectivity index is 2.04. The van der Waals surface area contributed by atoms with E-state index in [9.17, 15) is 0 Å². The maximum Gasteiger partial charge on any atom is 0.0467 e. The average molecular weight is 257 g/mol. The van der Waals surface area contributed by atoms with Gasteiger partial charge in [0.05, 0.1) is 0 Å². The number of benzene rings is 3. The minimum Gasteiger partial charge on any atom is -0.355 e. The summed E-state index contributed by atoms with van der Waals surface area (Å²) in [7, 11) is 0. The molecule has 0 saturated carbocycles. The fraction of sp³-hybridized carbons (Fsp3) is 0.0526. The van der Waals surface area contributed by atoms with Gasteiger partial charge in [0.2, 0.25) is 0 Å². The van der Waals surface area contributed by atoms with E-state index >= 15 is 0 Å². The normalized spacial score (nSPS) is 11.2. The van der Waals surface area contributed by atoms with Gasteiger partial charge in [-0.05, 0) is 35.4 Å². The Bertz CT molecular complexity index is 915. The van der Waals surface area contributed by atoms with Gasteiger partial charge in [0.15, 0.2) is 0 Å². The summed E-state index contributed by atoms with van der Waals surface area (Å²) in [5.74, 6) is 0. The minimum absolute atomic E-state index is 1.19. The molecule has 0 aliphatic rings. The molecule has 0 amide bonds. The molecule has 0 fully saturated rings. The molecule has 0 spiro atoms. The van der Waals surface area contributed by atoms with Crippen molar-refractivity contribution in [1.29, 1.82) is 0 Å². The number of nitrogens with one attached hydrogen (secondary N) is 1. The molecular weight excluding hydrogens is 242 g/mol. The van der Waals surface area contributed by atoms with Crippen LogP contribution in [-0.2, 0) is 0 Å². The van der Waals surface area contributed by atoms with Crippen LogP contribution in [0.3, 0.4) is 0 Å². The molecule has 4 rings (SSSR count). The van der Waals surface area contributed by atoms with E-state index in [1.54, 1.807) is 0 Å². The lowest BCUT2D eigenvalue weighted by atomic mass is 10.0. The number of H-pyrrole nitrogens is 1. The summed E-state index contributed by atoms with van der Waals surface area (Å²) in [6.07, 6.45) is 0. The number of hydrogen-bond donors (Lipinski definition) is 1. The number of aromatic amines is 1. The molecule has 1 N–H and O–H groups in total. The second-order valence-electron chi connectivity index (χ2n) is 5.25. The van der Waals surface area contributed by atoms with Crippen LogP contribution in [0.2, 0.25) is 0 Å². The molecule has 96 valence electrons. The van der Waals surface area contributed by atoms with Crippen molar-refractivity contribution in [3.8, 4) is 11.3 Å². The molecule has 1 nitrogen and oxygen atoms in total. The summed E-state index contributed by atoms with van der Waals surface area (Å²) < 4.78 is 0. The van der Waals surface area contributed by atoms with Gasteiger partial charge in [-0.15, -0.1) is 0 Å². The Hall–Kier alpha value is -2.54. The van der Waals surface area contributed by atoms with Crippen LogP contribution in [0.1, 0.15) is 5.56 Å². The first-order chi connectivity index (χ1) is 9.83. The molecule has 0 atom stereocenters. The third-order valence-corrected chi connectivity index (χ3v) is 3.96. The van der Waals surface area contributed by atoms with Crippen LogP contribution in [0.25, 0.3) is 32.9 Å². The predicted molar refractivity (Wildman–Crippen MR) is 86.0 cm³/mol. The number of hydrogen-bond acceptors (Lipinski definition) is 0. The van der Waals surface area contributed by atoms with Crippen LogP contribution in [0.15, 0.2) is 66.7 Å². The fourth-order valence-electron chi connectivity index (χ4n) is 2.91. The minimum atomic E-state index is 1.19. The highest BCUT2D eigenvalue weighted by Crippen LogP contribution is 2.31. The monoisotopic (exact) mass is 257 g/mol. The molecular formula is C19H15N. The zero-order valence-corrected chi connectivity index (χ0v) is 11.4. The van der Waals surface area contributed by atoms with Gasteiger partial charge in [0.1, 0.15) is 0 Å². The van der Waals surface area contributed by atoms with Gasteiger partial charge in [-0.25, -0.2) is 0 Å². The molecule has 0 saturated heterocycles. The molecule has 3 aromatic carbocycles. The van der Waals surface area contributed by atoms with Crippen molar-refractivity contribution in [2.75, 3.05) is 0 Å². The first-order valence-electron chi connectivity index (χ1n) is 6.89. The Kier molecular flexibility index (Phi) is 2.40. The Labute approximate surface area is 117 Å². The molecule has 0 aliphatic carbocycles. The van der Waals surface area contributed by atoms with Crippen molar-refractivity contribution in [1.82, 2.24) is 4.98 Å². The fourth-order valence-corrected chi connectivity index (χ4v) is 2.91. The van der Waals surface area contributed by atoms with Crippen LogP contribution in [-0.4, -0.2) is 4.98 Å². The second-order valence-corrected chi connectivity index (χ2v) is 5.25. The number of aryl methyl sites for hydroxylation is 1. The maximum absolute atomic E-state index is 3.54. The van der Waals surface area contributed by atoms with Gasteiger partial charge in [-0.1, -0.05) is 54.6 Å². The SMILES string of the molecule is Cc1ccccc1-c1cc2c(ccc3ccccc32)[nH]1. The maximum atomic E-state index is 3.54. The quantitative estimate of drug-likeness (QED) is 0.476. The molecule has 1 heteroatoms. The van der Waals surface area contributed by atoms with E-state index in [1.807, 2.05) is 0 Å². The van der Waals surface area contributed by atoms with E-state index in [1.165, 1.54) is 38.5 Å². The van der Waals surface area contributed by atoms with Crippen LogP contribution in [0.4, 0.5) is 0 Å². The zero-order chi connectivity index (χ0) is 13.5. The van der Waals surface area contributed by atoms with E-state index in [2.05, 4.69) is 78.6 Å². The summed E-state index contributed by atoms with van der Waals surface area (Å²) >= 11 is 0. The van der Waals surface area contributed by atoms with Crippen molar-refractivity contribution in [3.63, 3.8) is 0 Å².